The maximum atomic E-state index is 10.8. The van der Waals surface area contributed by atoms with Crippen LogP contribution in [0.5, 0.6) is 5.75 Å². The average molecular weight is 374 g/mol. The van der Waals surface area contributed by atoms with E-state index in [2.05, 4.69) is 11.1 Å². The minimum atomic E-state index is -4.73. The summed E-state index contributed by atoms with van der Waals surface area (Å²) in [5.74, 6) is 1.73. The molecular formula is C18H23NaO5S. The van der Waals surface area contributed by atoms with Gasteiger partial charge in [0.15, 0.2) is 0 Å². The molecule has 0 bridgehead atoms. The first-order valence-electron chi connectivity index (χ1n) is 8.74. The van der Waals surface area contributed by atoms with Gasteiger partial charge in [0, 0.05) is 0 Å². The molecule has 0 aliphatic heterocycles. The van der Waals surface area contributed by atoms with Gasteiger partial charge in [-0.25, -0.2) is 8.42 Å². The Morgan fingerprint density at radius 2 is 2.00 bits per heavy atom. The molecule has 0 heterocycles. The fourth-order valence-electron chi connectivity index (χ4n) is 5.70. The zero-order valence-corrected chi connectivity index (χ0v) is 17.6. The molecule has 4 rings (SSSR count). The van der Waals surface area contributed by atoms with Gasteiger partial charge in [-0.05, 0) is 85.0 Å². The maximum absolute atomic E-state index is 10.8. The number of benzene rings is 1. The molecule has 2 saturated carbocycles. The molecule has 5 atom stereocenters. The van der Waals surface area contributed by atoms with Crippen molar-refractivity contribution in [2.24, 2.45) is 17.3 Å². The van der Waals surface area contributed by atoms with E-state index in [-0.39, 0.29) is 46.8 Å². The monoisotopic (exact) mass is 374 g/mol. The van der Waals surface area contributed by atoms with Crippen molar-refractivity contribution in [3.63, 3.8) is 0 Å². The third-order valence-corrected chi connectivity index (χ3v) is 7.24. The van der Waals surface area contributed by atoms with Gasteiger partial charge in [0.05, 0.1) is 6.10 Å². The number of hydrogen-bond donors (Lipinski definition) is 1. The molecule has 0 radical (unpaired) electrons. The Kier molecular flexibility index (Phi) is 5.35. The number of aliphatic hydroxyl groups is 1. The van der Waals surface area contributed by atoms with E-state index in [0.29, 0.717) is 17.8 Å². The van der Waals surface area contributed by atoms with Crippen LogP contribution in [0.3, 0.4) is 0 Å². The Morgan fingerprint density at radius 3 is 2.72 bits per heavy atom. The Bertz CT molecular complexity index is 765. The van der Waals surface area contributed by atoms with Gasteiger partial charge in [-0.3, -0.25) is 0 Å². The van der Waals surface area contributed by atoms with Crippen LogP contribution >= 0.6 is 0 Å². The largest absolute Gasteiger partial charge is 1.00 e. The number of aryl methyl sites for hydroxylation is 1. The molecule has 25 heavy (non-hydrogen) atoms. The minimum absolute atomic E-state index is 0. The summed E-state index contributed by atoms with van der Waals surface area (Å²) >= 11 is 0. The van der Waals surface area contributed by atoms with Crippen molar-refractivity contribution >= 4 is 10.4 Å². The predicted octanol–water partition coefficient (Wildman–Crippen LogP) is -0.253. The molecule has 0 amide bonds. The second-order valence-corrected chi connectivity index (χ2v) is 8.89. The van der Waals surface area contributed by atoms with Crippen molar-refractivity contribution < 1.29 is 51.8 Å². The Morgan fingerprint density at radius 1 is 1.24 bits per heavy atom. The van der Waals surface area contributed by atoms with Gasteiger partial charge in [0.25, 0.3) is 10.4 Å². The molecule has 3 aliphatic carbocycles. The van der Waals surface area contributed by atoms with E-state index in [1.165, 1.54) is 5.56 Å². The summed E-state index contributed by atoms with van der Waals surface area (Å²) in [6.45, 7) is 2.25. The van der Waals surface area contributed by atoms with Crippen molar-refractivity contribution in [1.82, 2.24) is 0 Å². The zero-order chi connectivity index (χ0) is 17.1. The van der Waals surface area contributed by atoms with E-state index >= 15 is 0 Å². The van der Waals surface area contributed by atoms with E-state index < -0.39 is 10.4 Å². The second-order valence-electron chi connectivity index (χ2n) is 7.91. The molecule has 3 aliphatic rings. The summed E-state index contributed by atoms with van der Waals surface area (Å²) in [6.07, 6.45) is 5.85. The van der Waals surface area contributed by atoms with Crippen molar-refractivity contribution in [2.75, 3.05) is 0 Å². The quantitative estimate of drug-likeness (QED) is 0.438. The van der Waals surface area contributed by atoms with Crippen LogP contribution in [0.25, 0.3) is 0 Å². The third-order valence-electron chi connectivity index (χ3n) is 6.85. The molecule has 2 fully saturated rings. The van der Waals surface area contributed by atoms with Crippen molar-refractivity contribution in [1.29, 1.82) is 0 Å². The van der Waals surface area contributed by atoms with E-state index in [1.54, 1.807) is 12.1 Å². The molecule has 1 aromatic carbocycles. The van der Waals surface area contributed by atoms with E-state index in [4.69, 9.17) is 0 Å². The number of aliphatic hydroxyl groups excluding tert-OH is 1. The normalized spacial score (nSPS) is 36.6. The van der Waals surface area contributed by atoms with E-state index in [1.807, 2.05) is 6.07 Å². The molecule has 0 saturated heterocycles. The first-order chi connectivity index (χ1) is 11.3. The van der Waals surface area contributed by atoms with Crippen LogP contribution in [0.4, 0.5) is 0 Å². The molecule has 0 aromatic heterocycles. The predicted molar refractivity (Wildman–Crippen MR) is 87.4 cm³/mol. The van der Waals surface area contributed by atoms with Gasteiger partial charge in [-0.1, -0.05) is 13.0 Å². The Labute approximate surface area is 171 Å². The van der Waals surface area contributed by atoms with Gasteiger partial charge < -0.3 is 13.8 Å². The first-order valence-corrected chi connectivity index (χ1v) is 10.1. The van der Waals surface area contributed by atoms with Crippen LogP contribution < -0.4 is 33.7 Å². The van der Waals surface area contributed by atoms with Crippen molar-refractivity contribution in [3.05, 3.63) is 29.3 Å². The summed E-state index contributed by atoms with van der Waals surface area (Å²) < 4.78 is 36.8. The van der Waals surface area contributed by atoms with E-state index in [0.717, 1.165) is 44.1 Å². The minimum Gasteiger partial charge on any atom is -0.716 e. The molecular weight excluding hydrogens is 351 g/mol. The van der Waals surface area contributed by atoms with Crippen molar-refractivity contribution in [3.8, 4) is 5.75 Å². The number of hydrogen-bond acceptors (Lipinski definition) is 5. The molecule has 132 valence electrons. The molecule has 1 aromatic rings. The standard InChI is InChI=1S/C18H24O5S.Na/c1-18-9-8-14-13-5-3-12(23-24(20,21)22)10-11(13)2-4-15(14)16(18)6-7-17(18)19;/h3,5,10,14-17,19H,2,4,6-9H2,1H3,(H,20,21,22);/q;+1/p-1. The Hall–Kier alpha value is -0.110. The molecule has 5 unspecified atom stereocenters. The molecule has 1 N–H and O–H groups in total. The van der Waals surface area contributed by atoms with Crippen LogP contribution in [-0.2, 0) is 16.8 Å². The summed E-state index contributed by atoms with van der Waals surface area (Å²) in [7, 11) is -4.73. The van der Waals surface area contributed by atoms with Gasteiger partial charge in [0.1, 0.15) is 5.75 Å². The third kappa shape index (κ3) is 3.42. The maximum Gasteiger partial charge on any atom is 1.00 e. The molecule has 7 heteroatoms. The van der Waals surface area contributed by atoms with Gasteiger partial charge in [-0.15, -0.1) is 0 Å². The SMILES string of the molecule is CC12CCC3c4ccc(OS(=O)(=O)[O-])cc4CCC3C1CCC2O.[Na+]. The van der Waals surface area contributed by atoms with Crippen LogP contribution in [-0.4, -0.2) is 24.2 Å². The van der Waals surface area contributed by atoms with E-state index in [9.17, 15) is 18.1 Å². The summed E-state index contributed by atoms with van der Waals surface area (Å²) in [6, 6.07) is 5.23. The molecule has 5 nitrogen and oxygen atoms in total. The van der Waals surface area contributed by atoms with Gasteiger partial charge in [-0.2, -0.15) is 0 Å². The summed E-state index contributed by atoms with van der Waals surface area (Å²) in [5.41, 5.74) is 2.42. The number of rotatable bonds is 2. The molecule has 0 spiro atoms. The van der Waals surface area contributed by atoms with Crippen LogP contribution in [0.2, 0.25) is 0 Å². The smallest absolute Gasteiger partial charge is 0.716 e. The summed E-state index contributed by atoms with van der Waals surface area (Å²) in [5, 5.41) is 10.4. The zero-order valence-electron chi connectivity index (χ0n) is 14.8. The van der Waals surface area contributed by atoms with Crippen LogP contribution in [0.1, 0.15) is 56.1 Å². The van der Waals surface area contributed by atoms with Crippen molar-refractivity contribution in [2.45, 2.75) is 57.5 Å². The summed E-state index contributed by atoms with van der Waals surface area (Å²) in [4.78, 5) is 0. The Balaban J connectivity index is 0.00000182. The fraction of sp³-hybridized carbons (Fsp3) is 0.667. The number of fused-ring (bicyclic) bond motifs is 5. The van der Waals surface area contributed by atoms with Gasteiger partial charge in [0.2, 0.25) is 0 Å². The second kappa shape index (κ2) is 6.80. The average Bonchev–Trinajstić information content (AvgIpc) is 2.81. The van der Waals surface area contributed by atoms with Crippen LogP contribution in [0.15, 0.2) is 18.2 Å². The topological polar surface area (TPSA) is 86.7 Å². The van der Waals surface area contributed by atoms with Gasteiger partial charge >= 0.3 is 29.6 Å². The van der Waals surface area contributed by atoms with Crippen LogP contribution in [0, 0.1) is 17.3 Å². The fourth-order valence-corrected chi connectivity index (χ4v) is 6.04. The first kappa shape index (κ1) is 19.6.